The number of benzene rings is 2. The Morgan fingerprint density at radius 2 is 1.89 bits per heavy atom. The van der Waals surface area contributed by atoms with Crippen LogP contribution in [0.1, 0.15) is 5.56 Å². The number of thiocarbonyl (C=S) groups is 1. The Balaban J connectivity index is 2.08. The van der Waals surface area contributed by atoms with E-state index in [4.69, 9.17) is 32.5 Å². The van der Waals surface area contributed by atoms with Gasteiger partial charge in [0.1, 0.15) is 5.69 Å². The molecular formula is C19H19N5O2S. The summed E-state index contributed by atoms with van der Waals surface area (Å²) in [6.07, 6.45) is 3.50. The Morgan fingerprint density at radius 1 is 1.15 bits per heavy atom. The van der Waals surface area contributed by atoms with E-state index in [9.17, 15) is 0 Å². The topological polar surface area (TPSA) is 86.7 Å². The molecule has 7 nitrogen and oxygen atoms in total. The third kappa shape index (κ3) is 4.24. The zero-order valence-electron chi connectivity index (χ0n) is 14.9. The summed E-state index contributed by atoms with van der Waals surface area (Å²) in [7, 11) is 3.19. The number of rotatable bonds is 6. The normalized spacial score (nSPS) is 10.7. The number of nitrogens with zero attached hydrogens (tertiary/aromatic N) is 3. The molecule has 0 aliphatic carbocycles. The molecule has 3 aromatic rings. The lowest BCUT2D eigenvalue weighted by atomic mass is 10.1. The van der Waals surface area contributed by atoms with Crippen molar-refractivity contribution in [1.82, 2.24) is 15.2 Å². The number of nitrogens with two attached hydrogens (primary N) is 1. The van der Waals surface area contributed by atoms with Crippen LogP contribution in [-0.4, -0.2) is 35.3 Å². The Kier molecular flexibility index (Phi) is 5.68. The monoisotopic (exact) mass is 381 g/mol. The van der Waals surface area contributed by atoms with Crippen molar-refractivity contribution in [2.75, 3.05) is 14.2 Å². The van der Waals surface area contributed by atoms with Gasteiger partial charge < -0.3 is 15.2 Å². The fourth-order valence-electron chi connectivity index (χ4n) is 2.57. The molecule has 3 rings (SSSR count). The SMILES string of the molecule is COc1ccc(-c2nn(-c3ccccc3)cc2/C=N\NC(N)=S)cc1OC. The minimum atomic E-state index is 0.0920. The average Bonchev–Trinajstić information content (AvgIpc) is 3.12. The summed E-state index contributed by atoms with van der Waals surface area (Å²) in [5, 5.41) is 8.87. The molecule has 0 aliphatic heterocycles. The Labute approximate surface area is 162 Å². The molecule has 3 N–H and O–H groups in total. The van der Waals surface area contributed by atoms with E-state index in [-0.39, 0.29) is 5.11 Å². The lowest BCUT2D eigenvalue weighted by molar-refractivity contribution is 0.355. The van der Waals surface area contributed by atoms with Gasteiger partial charge in [0.15, 0.2) is 16.6 Å². The fraction of sp³-hybridized carbons (Fsp3) is 0.105. The van der Waals surface area contributed by atoms with Gasteiger partial charge in [0.05, 0.1) is 26.1 Å². The highest BCUT2D eigenvalue weighted by Gasteiger charge is 2.14. The highest BCUT2D eigenvalue weighted by atomic mass is 32.1. The van der Waals surface area contributed by atoms with Gasteiger partial charge in [0.25, 0.3) is 0 Å². The molecule has 0 amide bonds. The third-order valence-corrected chi connectivity index (χ3v) is 3.89. The van der Waals surface area contributed by atoms with Crippen LogP contribution >= 0.6 is 12.2 Å². The molecule has 0 aliphatic rings. The average molecular weight is 381 g/mol. The Hall–Kier alpha value is -3.39. The maximum atomic E-state index is 5.43. The van der Waals surface area contributed by atoms with E-state index in [1.807, 2.05) is 54.7 Å². The number of hydrazone groups is 1. The Bertz CT molecular complexity index is 969. The molecule has 0 saturated heterocycles. The summed E-state index contributed by atoms with van der Waals surface area (Å²) >= 11 is 4.78. The lowest BCUT2D eigenvalue weighted by Gasteiger charge is -2.09. The van der Waals surface area contributed by atoms with Gasteiger partial charge in [-0.25, -0.2) is 4.68 Å². The molecule has 0 atom stereocenters. The first kappa shape index (κ1) is 18.4. The first-order valence-corrected chi connectivity index (χ1v) is 8.49. The summed E-state index contributed by atoms with van der Waals surface area (Å²) in [6.45, 7) is 0. The maximum absolute atomic E-state index is 5.43. The van der Waals surface area contributed by atoms with Crippen molar-refractivity contribution in [2.24, 2.45) is 10.8 Å². The number of nitrogens with one attached hydrogen (secondary N) is 1. The highest BCUT2D eigenvalue weighted by molar-refractivity contribution is 7.80. The maximum Gasteiger partial charge on any atom is 0.184 e. The molecular weight excluding hydrogens is 362 g/mol. The van der Waals surface area contributed by atoms with Gasteiger partial charge in [-0.15, -0.1) is 0 Å². The van der Waals surface area contributed by atoms with Gasteiger partial charge in [0, 0.05) is 17.3 Å². The molecule has 0 spiro atoms. The second-order valence-electron chi connectivity index (χ2n) is 5.52. The molecule has 138 valence electrons. The van der Waals surface area contributed by atoms with Crippen LogP contribution in [0.5, 0.6) is 11.5 Å². The van der Waals surface area contributed by atoms with Crippen molar-refractivity contribution in [3.05, 3.63) is 60.3 Å². The molecule has 0 saturated carbocycles. The van der Waals surface area contributed by atoms with Gasteiger partial charge in [-0.05, 0) is 42.5 Å². The highest BCUT2D eigenvalue weighted by Crippen LogP contribution is 2.33. The Morgan fingerprint density at radius 3 is 2.56 bits per heavy atom. The second-order valence-corrected chi connectivity index (χ2v) is 5.96. The summed E-state index contributed by atoms with van der Waals surface area (Å²) in [5.41, 5.74) is 11.3. The summed E-state index contributed by atoms with van der Waals surface area (Å²) in [6, 6.07) is 15.4. The number of para-hydroxylation sites is 1. The van der Waals surface area contributed by atoms with Gasteiger partial charge >= 0.3 is 0 Å². The van der Waals surface area contributed by atoms with Crippen LogP contribution in [0.4, 0.5) is 0 Å². The van der Waals surface area contributed by atoms with Crippen molar-refractivity contribution >= 4 is 23.5 Å². The molecule has 8 heteroatoms. The van der Waals surface area contributed by atoms with Crippen molar-refractivity contribution in [3.8, 4) is 28.4 Å². The molecule has 1 aromatic heterocycles. The van der Waals surface area contributed by atoms with E-state index < -0.39 is 0 Å². The number of ether oxygens (including phenoxy) is 2. The summed E-state index contributed by atoms with van der Waals surface area (Å²) in [4.78, 5) is 0. The number of methoxy groups -OCH3 is 2. The van der Waals surface area contributed by atoms with E-state index in [0.29, 0.717) is 11.5 Å². The predicted molar refractivity (Wildman–Crippen MR) is 110 cm³/mol. The quantitative estimate of drug-likeness (QED) is 0.388. The van der Waals surface area contributed by atoms with Crippen LogP contribution in [0.3, 0.4) is 0 Å². The molecule has 2 aromatic carbocycles. The van der Waals surface area contributed by atoms with Crippen molar-refractivity contribution < 1.29 is 9.47 Å². The van der Waals surface area contributed by atoms with E-state index in [0.717, 1.165) is 22.5 Å². The standard InChI is InChI=1S/C19H19N5O2S/c1-25-16-9-8-13(10-17(16)26-2)18-14(11-21-22-19(20)27)12-24(23-18)15-6-4-3-5-7-15/h3-12H,1-2H3,(H3,20,22,27)/b21-11-. The van der Waals surface area contributed by atoms with Crippen LogP contribution in [0.25, 0.3) is 16.9 Å². The van der Waals surface area contributed by atoms with E-state index in [1.165, 1.54) is 0 Å². The third-order valence-electron chi connectivity index (χ3n) is 3.80. The second kappa shape index (κ2) is 8.33. The summed E-state index contributed by atoms with van der Waals surface area (Å²) < 4.78 is 12.5. The van der Waals surface area contributed by atoms with Gasteiger partial charge in [-0.3, -0.25) is 5.43 Å². The largest absolute Gasteiger partial charge is 0.493 e. The molecule has 1 heterocycles. The van der Waals surface area contributed by atoms with Gasteiger partial charge in [-0.1, -0.05) is 18.2 Å². The first-order chi connectivity index (χ1) is 13.1. The van der Waals surface area contributed by atoms with Crippen molar-refractivity contribution in [3.63, 3.8) is 0 Å². The lowest BCUT2D eigenvalue weighted by Crippen LogP contribution is -2.24. The summed E-state index contributed by atoms with van der Waals surface area (Å²) in [5.74, 6) is 1.27. The van der Waals surface area contributed by atoms with E-state index >= 15 is 0 Å². The van der Waals surface area contributed by atoms with Crippen molar-refractivity contribution in [1.29, 1.82) is 0 Å². The molecule has 0 bridgehead atoms. The smallest absolute Gasteiger partial charge is 0.184 e. The number of hydrogen-bond donors (Lipinski definition) is 2. The minimum absolute atomic E-state index is 0.0920. The predicted octanol–water partition coefficient (Wildman–Crippen LogP) is 2.72. The van der Waals surface area contributed by atoms with Gasteiger partial charge in [0.2, 0.25) is 0 Å². The number of aromatic nitrogens is 2. The van der Waals surface area contributed by atoms with Crippen LogP contribution in [0.2, 0.25) is 0 Å². The van der Waals surface area contributed by atoms with Crippen LogP contribution < -0.4 is 20.6 Å². The zero-order valence-corrected chi connectivity index (χ0v) is 15.7. The molecule has 0 fully saturated rings. The fourth-order valence-corrected chi connectivity index (χ4v) is 2.62. The zero-order chi connectivity index (χ0) is 19.2. The van der Waals surface area contributed by atoms with E-state index in [1.54, 1.807) is 25.1 Å². The molecule has 0 radical (unpaired) electrons. The van der Waals surface area contributed by atoms with Crippen molar-refractivity contribution in [2.45, 2.75) is 0 Å². The van der Waals surface area contributed by atoms with Crippen LogP contribution in [-0.2, 0) is 0 Å². The number of hydrogen-bond acceptors (Lipinski definition) is 5. The van der Waals surface area contributed by atoms with Gasteiger partial charge in [-0.2, -0.15) is 10.2 Å². The minimum Gasteiger partial charge on any atom is -0.493 e. The first-order valence-electron chi connectivity index (χ1n) is 8.08. The van der Waals surface area contributed by atoms with Crippen LogP contribution in [0.15, 0.2) is 59.8 Å². The van der Waals surface area contributed by atoms with Crippen LogP contribution in [0, 0.1) is 0 Å². The van der Waals surface area contributed by atoms with E-state index in [2.05, 4.69) is 10.5 Å². The molecule has 27 heavy (non-hydrogen) atoms. The molecule has 0 unspecified atom stereocenters.